The van der Waals surface area contributed by atoms with Crippen LogP contribution in [0.3, 0.4) is 0 Å². The maximum atomic E-state index is 11.9. The largest absolute Gasteiger partial charge is 0.375 e. The van der Waals surface area contributed by atoms with Gasteiger partial charge in [-0.3, -0.25) is 4.79 Å². The van der Waals surface area contributed by atoms with Gasteiger partial charge in [-0.2, -0.15) is 0 Å². The molecule has 2 aliphatic rings. The average molecular weight is 226 g/mol. The summed E-state index contributed by atoms with van der Waals surface area (Å²) in [6, 6.07) is 0. The molecule has 1 aliphatic carbocycles. The molecule has 0 bridgehead atoms. The number of carbonyl (C=O) groups excluding carboxylic acids is 1. The smallest absolute Gasteiger partial charge is 0.161 e. The first kappa shape index (κ1) is 12.1. The summed E-state index contributed by atoms with van der Waals surface area (Å²) in [6.07, 6.45) is 6.61. The number of carbonyl (C=O) groups is 1. The van der Waals surface area contributed by atoms with E-state index in [1.165, 1.54) is 12.8 Å². The molecule has 16 heavy (non-hydrogen) atoms. The summed E-state index contributed by atoms with van der Waals surface area (Å²) in [5.74, 6) is 0.454. The third kappa shape index (κ3) is 2.64. The van der Waals surface area contributed by atoms with Crippen molar-refractivity contribution >= 4 is 5.78 Å². The predicted molar refractivity (Wildman–Crippen MR) is 61.4 cm³/mol. The minimum absolute atomic E-state index is 0.0464. The maximum absolute atomic E-state index is 11.9. The van der Waals surface area contributed by atoms with Gasteiger partial charge < -0.3 is 9.47 Å². The van der Waals surface area contributed by atoms with Gasteiger partial charge in [0.2, 0.25) is 0 Å². The molecular formula is C13H22O3. The normalized spacial score (nSPS) is 28.4. The van der Waals surface area contributed by atoms with Crippen LogP contribution >= 0.6 is 0 Å². The summed E-state index contributed by atoms with van der Waals surface area (Å²) in [4.78, 5) is 11.9. The first-order valence-corrected chi connectivity index (χ1v) is 6.50. The van der Waals surface area contributed by atoms with Crippen LogP contribution in [-0.2, 0) is 14.3 Å². The molecule has 1 saturated carbocycles. The topological polar surface area (TPSA) is 35.5 Å². The van der Waals surface area contributed by atoms with Crippen LogP contribution in [0.1, 0.15) is 45.4 Å². The third-order valence-electron chi connectivity index (χ3n) is 3.91. The van der Waals surface area contributed by atoms with Crippen LogP contribution in [0.2, 0.25) is 0 Å². The molecule has 1 unspecified atom stereocenters. The van der Waals surface area contributed by atoms with Gasteiger partial charge >= 0.3 is 0 Å². The maximum Gasteiger partial charge on any atom is 0.161 e. The summed E-state index contributed by atoms with van der Waals surface area (Å²) in [5.41, 5.74) is 0.0464. The number of hydrogen-bond donors (Lipinski definition) is 0. The number of ether oxygens (including phenoxy) is 2. The van der Waals surface area contributed by atoms with E-state index in [4.69, 9.17) is 9.47 Å². The zero-order valence-electron chi connectivity index (χ0n) is 10.2. The average Bonchev–Trinajstić information content (AvgIpc) is 2.74. The van der Waals surface area contributed by atoms with Crippen molar-refractivity contribution in [2.24, 2.45) is 5.92 Å². The summed E-state index contributed by atoms with van der Waals surface area (Å²) in [6.45, 7) is 3.59. The highest BCUT2D eigenvalue weighted by molar-refractivity contribution is 5.82. The Balaban J connectivity index is 1.88. The Bertz CT molecular complexity index is 244. The SMILES string of the molecule is CCOCC(=O)C1CCOC2(CCCC2)C1. The molecule has 1 saturated heterocycles. The second kappa shape index (κ2) is 5.28. The van der Waals surface area contributed by atoms with Gasteiger partial charge in [-0.15, -0.1) is 0 Å². The molecule has 2 fully saturated rings. The molecule has 1 spiro atoms. The van der Waals surface area contributed by atoms with E-state index in [0.29, 0.717) is 6.61 Å². The van der Waals surface area contributed by atoms with Crippen molar-refractivity contribution in [2.45, 2.75) is 51.0 Å². The summed E-state index contributed by atoms with van der Waals surface area (Å²) in [5, 5.41) is 0. The summed E-state index contributed by atoms with van der Waals surface area (Å²) in [7, 11) is 0. The molecule has 1 atom stereocenters. The monoisotopic (exact) mass is 226 g/mol. The Morgan fingerprint density at radius 2 is 2.19 bits per heavy atom. The lowest BCUT2D eigenvalue weighted by molar-refractivity contribution is -0.140. The molecule has 3 nitrogen and oxygen atoms in total. The van der Waals surface area contributed by atoms with Gasteiger partial charge in [0.05, 0.1) is 5.60 Å². The van der Waals surface area contributed by atoms with Gasteiger partial charge in [0.15, 0.2) is 5.78 Å². The van der Waals surface area contributed by atoms with Gasteiger partial charge in [0.25, 0.3) is 0 Å². The molecule has 0 aromatic carbocycles. The molecule has 1 heterocycles. The number of ketones is 1. The highest BCUT2D eigenvalue weighted by atomic mass is 16.5. The van der Waals surface area contributed by atoms with Crippen molar-refractivity contribution in [2.75, 3.05) is 19.8 Å². The van der Waals surface area contributed by atoms with Crippen LogP contribution in [0.15, 0.2) is 0 Å². The van der Waals surface area contributed by atoms with Crippen LogP contribution in [0.5, 0.6) is 0 Å². The fourth-order valence-electron chi connectivity index (χ4n) is 2.99. The van der Waals surface area contributed by atoms with Crippen LogP contribution in [0.25, 0.3) is 0 Å². The molecule has 0 amide bonds. The molecule has 1 aliphatic heterocycles. The van der Waals surface area contributed by atoms with E-state index in [-0.39, 0.29) is 23.9 Å². The Hall–Kier alpha value is -0.410. The van der Waals surface area contributed by atoms with Crippen LogP contribution in [-0.4, -0.2) is 31.2 Å². The summed E-state index contributed by atoms with van der Waals surface area (Å²) >= 11 is 0. The molecule has 0 aromatic rings. The van der Waals surface area contributed by atoms with Crippen molar-refractivity contribution in [3.63, 3.8) is 0 Å². The number of hydrogen-bond acceptors (Lipinski definition) is 3. The lowest BCUT2D eigenvalue weighted by Gasteiger charge is -2.37. The fraction of sp³-hybridized carbons (Fsp3) is 0.923. The molecule has 0 radical (unpaired) electrons. The van der Waals surface area contributed by atoms with E-state index in [0.717, 1.165) is 32.3 Å². The van der Waals surface area contributed by atoms with Crippen LogP contribution in [0.4, 0.5) is 0 Å². The molecule has 2 rings (SSSR count). The lowest BCUT2D eigenvalue weighted by atomic mass is 9.82. The minimum Gasteiger partial charge on any atom is -0.375 e. The molecule has 3 heteroatoms. The molecule has 92 valence electrons. The predicted octanol–water partition coefficient (Wildman–Crippen LogP) is 2.33. The third-order valence-corrected chi connectivity index (χ3v) is 3.91. The zero-order chi connectivity index (χ0) is 11.4. The summed E-state index contributed by atoms with van der Waals surface area (Å²) < 4.78 is 11.1. The Morgan fingerprint density at radius 3 is 2.88 bits per heavy atom. The van der Waals surface area contributed by atoms with Crippen molar-refractivity contribution < 1.29 is 14.3 Å². The lowest BCUT2D eigenvalue weighted by Crippen LogP contribution is -2.40. The Morgan fingerprint density at radius 1 is 1.44 bits per heavy atom. The van der Waals surface area contributed by atoms with Gasteiger partial charge in [-0.1, -0.05) is 12.8 Å². The number of rotatable bonds is 4. The molecular weight excluding hydrogens is 204 g/mol. The zero-order valence-corrected chi connectivity index (χ0v) is 10.2. The van der Waals surface area contributed by atoms with Crippen molar-refractivity contribution in [1.29, 1.82) is 0 Å². The standard InChI is InChI=1S/C13H22O3/c1-2-15-10-12(14)11-5-8-16-13(9-11)6-3-4-7-13/h11H,2-10H2,1H3. The van der Waals surface area contributed by atoms with E-state index < -0.39 is 0 Å². The quantitative estimate of drug-likeness (QED) is 0.738. The highest BCUT2D eigenvalue weighted by Crippen LogP contribution is 2.42. The minimum atomic E-state index is 0.0464. The van der Waals surface area contributed by atoms with E-state index in [2.05, 4.69) is 0 Å². The molecule has 0 N–H and O–H groups in total. The molecule has 0 aromatic heterocycles. The van der Waals surface area contributed by atoms with E-state index in [9.17, 15) is 4.79 Å². The van der Waals surface area contributed by atoms with Gasteiger partial charge in [0.1, 0.15) is 6.61 Å². The highest BCUT2D eigenvalue weighted by Gasteiger charge is 2.41. The van der Waals surface area contributed by atoms with Gasteiger partial charge in [0, 0.05) is 19.1 Å². The Labute approximate surface area is 97.5 Å². The first-order chi connectivity index (χ1) is 7.76. The van der Waals surface area contributed by atoms with Crippen molar-refractivity contribution in [1.82, 2.24) is 0 Å². The second-order valence-electron chi connectivity index (χ2n) is 5.03. The van der Waals surface area contributed by atoms with Gasteiger partial charge in [-0.25, -0.2) is 0 Å². The first-order valence-electron chi connectivity index (χ1n) is 6.50. The van der Waals surface area contributed by atoms with E-state index >= 15 is 0 Å². The second-order valence-corrected chi connectivity index (χ2v) is 5.03. The van der Waals surface area contributed by atoms with E-state index in [1.54, 1.807) is 0 Å². The Kier molecular flexibility index (Phi) is 3.98. The number of Topliss-reactive ketones (excluding diaryl/α,β-unsaturated/α-hetero) is 1. The van der Waals surface area contributed by atoms with Crippen molar-refractivity contribution in [3.8, 4) is 0 Å². The fourth-order valence-corrected chi connectivity index (χ4v) is 2.99. The van der Waals surface area contributed by atoms with Crippen LogP contribution < -0.4 is 0 Å². The van der Waals surface area contributed by atoms with Crippen LogP contribution in [0, 0.1) is 5.92 Å². The van der Waals surface area contributed by atoms with Crippen molar-refractivity contribution in [3.05, 3.63) is 0 Å². The van der Waals surface area contributed by atoms with Gasteiger partial charge in [-0.05, 0) is 32.6 Å². The van der Waals surface area contributed by atoms with E-state index in [1.807, 2.05) is 6.92 Å².